The maximum absolute atomic E-state index is 11.9. The third-order valence-corrected chi connectivity index (χ3v) is 11.1. The number of rotatable bonds is 11. The fraction of sp³-hybridized carbons (Fsp3) is 0.204. The minimum atomic E-state index is -0.690. The summed E-state index contributed by atoms with van der Waals surface area (Å²) in [7, 11) is 0. The van der Waals surface area contributed by atoms with Gasteiger partial charge in [0.1, 0.15) is 6.10 Å². The Morgan fingerprint density at radius 3 is 1.44 bits per heavy atom. The van der Waals surface area contributed by atoms with Crippen molar-refractivity contribution < 1.29 is 14.6 Å². The molecule has 0 spiro atoms. The number of carbonyl (C=O) groups is 1. The molecule has 0 aliphatic rings. The van der Waals surface area contributed by atoms with Crippen LogP contribution in [0.1, 0.15) is 86.2 Å². The van der Waals surface area contributed by atoms with Gasteiger partial charge in [-0.2, -0.15) is 0 Å². The second kappa shape index (κ2) is 19.0. The van der Waals surface area contributed by atoms with Crippen LogP contribution in [0.5, 0.6) is 0 Å². The number of aliphatic hydroxyl groups excluding tert-OH is 1. The van der Waals surface area contributed by atoms with E-state index >= 15 is 0 Å². The Labute approximate surface area is 360 Å². The fourth-order valence-electron chi connectivity index (χ4n) is 7.80. The molecule has 0 saturated heterocycles. The number of benzene rings is 6. The largest absolute Gasteiger partial charge is 0.451 e. The van der Waals surface area contributed by atoms with Crippen LogP contribution in [0, 0.1) is 41.5 Å². The van der Waals surface area contributed by atoms with Crippen LogP contribution in [-0.2, 0) is 22.6 Å². The molecule has 8 rings (SSSR count). The van der Waals surface area contributed by atoms with Gasteiger partial charge in [-0.25, -0.2) is 9.97 Å². The number of esters is 1. The summed E-state index contributed by atoms with van der Waals surface area (Å²) in [5.41, 5.74) is 18.0. The van der Waals surface area contributed by atoms with Crippen molar-refractivity contribution in [1.82, 2.24) is 19.1 Å². The van der Waals surface area contributed by atoms with E-state index in [0.717, 1.165) is 33.6 Å². The molecular weight excluding hydrogens is 753 g/mol. The van der Waals surface area contributed by atoms with E-state index in [1.54, 1.807) is 25.0 Å². The van der Waals surface area contributed by atoms with Crippen LogP contribution in [0.3, 0.4) is 0 Å². The van der Waals surface area contributed by atoms with E-state index in [4.69, 9.17) is 4.74 Å². The summed E-state index contributed by atoms with van der Waals surface area (Å²) < 4.78 is 9.82. The molecule has 2 heterocycles. The summed E-state index contributed by atoms with van der Waals surface area (Å²) in [6, 6.07) is 46.3. The van der Waals surface area contributed by atoms with Crippen LogP contribution < -0.4 is 0 Å². The van der Waals surface area contributed by atoms with Gasteiger partial charge in [0.25, 0.3) is 0 Å². The zero-order chi connectivity index (χ0) is 43.0. The number of imidazole rings is 2. The SMILES string of the molecule is CC(=O)OC(c1cccc(C)c1)c1cncn1Cc1ccc(-c2cccc(C)c2)cc1C.Cc1cccc(-c2ccc(Cn3cncc3C(O)c3cccc(C)c3)c(C)c2)c1. The molecule has 2 aromatic heterocycles. The lowest BCUT2D eigenvalue weighted by Crippen LogP contribution is -2.15. The third-order valence-electron chi connectivity index (χ3n) is 11.1. The van der Waals surface area contributed by atoms with Crippen LogP contribution in [0.25, 0.3) is 22.3 Å². The van der Waals surface area contributed by atoms with Gasteiger partial charge in [-0.3, -0.25) is 4.79 Å². The van der Waals surface area contributed by atoms with Gasteiger partial charge in [0.2, 0.25) is 0 Å². The summed E-state index contributed by atoms with van der Waals surface area (Å²) in [4.78, 5) is 20.5. The van der Waals surface area contributed by atoms with Gasteiger partial charge in [-0.15, -0.1) is 0 Å². The van der Waals surface area contributed by atoms with Gasteiger partial charge < -0.3 is 19.0 Å². The standard InChI is InChI=1S/C28H28N2O2.C26H26N2O/c1-19-7-5-9-23(13-19)24-11-12-26(21(3)15-24)17-30-18-29-16-27(30)28(32-22(4)31)25-10-6-8-20(2)14-25;1-18-6-4-8-21(12-18)22-10-11-24(20(3)14-22)16-28-17-27-15-25(28)26(29)23-9-5-7-19(2)13-23/h5-16,18,28H,17H2,1-4H3;4-15,17,26,29H,16H2,1-3H3. The van der Waals surface area contributed by atoms with Crippen molar-refractivity contribution in [2.75, 3.05) is 0 Å². The van der Waals surface area contributed by atoms with E-state index in [1.807, 2.05) is 66.9 Å². The van der Waals surface area contributed by atoms with E-state index in [-0.39, 0.29) is 5.97 Å². The first kappa shape index (κ1) is 42.3. The third kappa shape index (κ3) is 10.5. The molecule has 0 fully saturated rings. The average Bonchev–Trinajstić information content (AvgIpc) is 3.91. The fourth-order valence-corrected chi connectivity index (χ4v) is 7.80. The molecule has 0 saturated carbocycles. The van der Waals surface area contributed by atoms with Crippen molar-refractivity contribution in [1.29, 1.82) is 0 Å². The number of hydrogen-bond donors (Lipinski definition) is 1. The number of ether oxygens (including phenoxy) is 1. The Morgan fingerprint density at radius 1 is 0.541 bits per heavy atom. The summed E-state index contributed by atoms with van der Waals surface area (Å²) in [6.45, 7) is 15.3. The normalized spacial score (nSPS) is 12.0. The summed E-state index contributed by atoms with van der Waals surface area (Å²) in [6.07, 6.45) is 5.94. The Morgan fingerprint density at radius 2 is 0.967 bits per heavy atom. The van der Waals surface area contributed by atoms with Gasteiger partial charge in [0, 0.05) is 20.0 Å². The second-order valence-corrected chi connectivity index (χ2v) is 16.1. The first-order chi connectivity index (χ1) is 29.4. The van der Waals surface area contributed by atoms with Crippen LogP contribution in [0.15, 0.2) is 159 Å². The Balaban J connectivity index is 0.000000185. The summed E-state index contributed by atoms with van der Waals surface area (Å²) in [5, 5.41) is 10.9. The number of aliphatic hydroxyl groups is 1. The summed E-state index contributed by atoms with van der Waals surface area (Å²) >= 11 is 0. The van der Waals surface area contributed by atoms with Gasteiger partial charge in [0.15, 0.2) is 6.10 Å². The number of carbonyl (C=O) groups excluding carboxylic acids is 1. The molecule has 0 aliphatic heterocycles. The van der Waals surface area contributed by atoms with Crippen molar-refractivity contribution >= 4 is 5.97 Å². The van der Waals surface area contributed by atoms with E-state index in [0.29, 0.717) is 13.1 Å². The molecule has 7 nitrogen and oxygen atoms in total. The van der Waals surface area contributed by atoms with E-state index < -0.39 is 12.2 Å². The van der Waals surface area contributed by atoms with Gasteiger partial charge in [-0.05, 0) is 97.2 Å². The first-order valence-corrected chi connectivity index (χ1v) is 20.7. The molecule has 0 bridgehead atoms. The molecule has 7 heteroatoms. The van der Waals surface area contributed by atoms with E-state index in [2.05, 4.69) is 127 Å². The average molecular weight is 807 g/mol. The Bertz CT molecular complexity index is 2780. The lowest BCUT2D eigenvalue weighted by molar-refractivity contribution is -0.145. The van der Waals surface area contributed by atoms with Crippen molar-refractivity contribution in [2.45, 2.75) is 73.8 Å². The van der Waals surface area contributed by atoms with Crippen LogP contribution in [0.4, 0.5) is 0 Å². The van der Waals surface area contributed by atoms with Crippen LogP contribution in [-0.4, -0.2) is 30.2 Å². The maximum atomic E-state index is 11.9. The number of aromatic nitrogens is 4. The van der Waals surface area contributed by atoms with Gasteiger partial charge in [-0.1, -0.05) is 156 Å². The topological polar surface area (TPSA) is 82.2 Å². The molecule has 0 aliphatic carbocycles. The Kier molecular flexibility index (Phi) is 13.2. The molecule has 61 heavy (non-hydrogen) atoms. The zero-order valence-corrected chi connectivity index (χ0v) is 36.1. The molecule has 0 amide bonds. The molecule has 8 aromatic rings. The van der Waals surface area contributed by atoms with Crippen LogP contribution in [0.2, 0.25) is 0 Å². The highest BCUT2D eigenvalue weighted by molar-refractivity contribution is 5.67. The molecule has 1 N–H and O–H groups in total. The lowest BCUT2D eigenvalue weighted by Gasteiger charge is -2.20. The second-order valence-electron chi connectivity index (χ2n) is 16.1. The minimum Gasteiger partial charge on any atom is -0.451 e. The van der Waals surface area contributed by atoms with Gasteiger partial charge >= 0.3 is 5.97 Å². The number of aryl methyl sites for hydroxylation is 6. The van der Waals surface area contributed by atoms with Crippen molar-refractivity contribution in [2.24, 2.45) is 0 Å². The first-order valence-electron chi connectivity index (χ1n) is 20.7. The van der Waals surface area contributed by atoms with Gasteiger partial charge in [0.05, 0.1) is 36.4 Å². The predicted octanol–water partition coefficient (Wildman–Crippen LogP) is 11.8. The van der Waals surface area contributed by atoms with Crippen molar-refractivity contribution in [3.8, 4) is 22.3 Å². The zero-order valence-electron chi connectivity index (χ0n) is 36.1. The highest BCUT2D eigenvalue weighted by atomic mass is 16.5. The predicted molar refractivity (Wildman–Crippen MR) is 245 cm³/mol. The molecule has 2 unspecified atom stereocenters. The van der Waals surface area contributed by atoms with Crippen LogP contribution >= 0.6 is 0 Å². The van der Waals surface area contributed by atoms with Crippen molar-refractivity contribution in [3.05, 3.63) is 226 Å². The molecule has 0 radical (unpaired) electrons. The monoisotopic (exact) mass is 806 g/mol. The van der Waals surface area contributed by atoms with E-state index in [9.17, 15) is 9.90 Å². The Hall–Kier alpha value is -6.83. The maximum Gasteiger partial charge on any atom is 0.303 e. The molecule has 6 aromatic carbocycles. The molecular formula is C54H54N4O3. The molecule has 2 atom stereocenters. The minimum absolute atomic E-state index is 0.317. The number of nitrogens with zero attached hydrogens (tertiary/aromatic N) is 4. The lowest BCUT2D eigenvalue weighted by atomic mass is 9.98. The summed E-state index contributed by atoms with van der Waals surface area (Å²) in [5.74, 6) is -0.317. The van der Waals surface area contributed by atoms with Crippen molar-refractivity contribution in [3.63, 3.8) is 0 Å². The van der Waals surface area contributed by atoms with E-state index in [1.165, 1.54) is 62.6 Å². The highest BCUT2D eigenvalue weighted by Gasteiger charge is 2.22. The quantitative estimate of drug-likeness (QED) is 0.132. The smallest absolute Gasteiger partial charge is 0.303 e. The number of hydrogen-bond acceptors (Lipinski definition) is 5. The molecule has 308 valence electrons. The highest BCUT2D eigenvalue weighted by Crippen LogP contribution is 2.30.